The maximum absolute atomic E-state index is 12.0. The van der Waals surface area contributed by atoms with Gasteiger partial charge in [-0.25, -0.2) is 4.99 Å². The van der Waals surface area contributed by atoms with Crippen molar-refractivity contribution in [2.45, 2.75) is 18.9 Å². The SMILES string of the molecule is COCCNC(=O)CN1CCN(C(=NCC(=O)N(C)C)NCC2CCCO2)CC1. The van der Waals surface area contributed by atoms with Crippen LogP contribution in [0.1, 0.15) is 12.8 Å². The van der Waals surface area contributed by atoms with Gasteiger partial charge >= 0.3 is 0 Å². The van der Waals surface area contributed by atoms with Gasteiger partial charge in [-0.3, -0.25) is 14.5 Å². The Balaban J connectivity index is 1.84. The highest BCUT2D eigenvalue weighted by atomic mass is 16.5. The molecule has 0 radical (unpaired) electrons. The van der Waals surface area contributed by atoms with Gasteiger partial charge in [0.25, 0.3) is 0 Å². The van der Waals surface area contributed by atoms with E-state index >= 15 is 0 Å². The van der Waals surface area contributed by atoms with Gasteiger partial charge in [0.2, 0.25) is 11.8 Å². The van der Waals surface area contributed by atoms with Crippen LogP contribution in [-0.4, -0.2) is 125 Å². The number of carbonyl (C=O) groups excluding carboxylic acids is 2. The third-order valence-electron chi connectivity index (χ3n) is 5.04. The first-order valence-corrected chi connectivity index (χ1v) is 10.3. The van der Waals surface area contributed by atoms with E-state index < -0.39 is 0 Å². The maximum Gasteiger partial charge on any atom is 0.243 e. The third-order valence-corrected chi connectivity index (χ3v) is 5.04. The van der Waals surface area contributed by atoms with Crippen molar-refractivity contribution in [2.75, 3.05) is 86.8 Å². The fraction of sp³-hybridized carbons (Fsp3) is 0.842. The molecule has 0 spiro atoms. The highest BCUT2D eigenvalue weighted by Crippen LogP contribution is 2.11. The number of hydrogen-bond donors (Lipinski definition) is 2. The summed E-state index contributed by atoms with van der Waals surface area (Å²) < 4.78 is 10.6. The summed E-state index contributed by atoms with van der Waals surface area (Å²) in [6, 6.07) is 0. The number of guanidine groups is 1. The number of likely N-dealkylation sites (N-methyl/N-ethyl adjacent to an activating group) is 1. The minimum atomic E-state index is -0.0345. The molecule has 2 aliphatic rings. The van der Waals surface area contributed by atoms with Crippen LogP contribution in [0, 0.1) is 0 Å². The van der Waals surface area contributed by atoms with Gasteiger partial charge in [-0.05, 0) is 12.8 Å². The Morgan fingerprint density at radius 2 is 1.97 bits per heavy atom. The molecule has 2 fully saturated rings. The molecular weight excluding hydrogens is 376 g/mol. The van der Waals surface area contributed by atoms with Crippen LogP contribution in [0.25, 0.3) is 0 Å². The largest absolute Gasteiger partial charge is 0.383 e. The highest BCUT2D eigenvalue weighted by Gasteiger charge is 2.23. The van der Waals surface area contributed by atoms with Crippen LogP contribution in [0.3, 0.4) is 0 Å². The summed E-state index contributed by atoms with van der Waals surface area (Å²) in [4.78, 5) is 34.3. The predicted octanol–water partition coefficient (Wildman–Crippen LogP) is -1.42. The monoisotopic (exact) mass is 412 g/mol. The van der Waals surface area contributed by atoms with Crippen LogP contribution < -0.4 is 10.6 Å². The van der Waals surface area contributed by atoms with E-state index in [-0.39, 0.29) is 24.5 Å². The first kappa shape index (κ1) is 23.4. The smallest absolute Gasteiger partial charge is 0.243 e. The summed E-state index contributed by atoms with van der Waals surface area (Å²) in [6.07, 6.45) is 2.33. The third kappa shape index (κ3) is 8.55. The van der Waals surface area contributed by atoms with Gasteiger partial charge in [0.05, 0.1) is 19.3 Å². The van der Waals surface area contributed by atoms with E-state index in [1.165, 1.54) is 0 Å². The quantitative estimate of drug-likeness (QED) is 0.272. The van der Waals surface area contributed by atoms with Crippen LogP contribution in [0.2, 0.25) is 0 Å². The molecule has 166 valence electrons. The molecule has 2 amide bonds. The van der Waals surface area contributed by atoms with E-state index in [4.69, 9.17) is 9.47 Å². The molecule has 10 heteroatoms. The number of aliphatic imine (C=N–C) groups is 1. The minimum absolute atomic E-state index is 0.0116. The molecule has 0 saturated carbocycles. The summed E-state index contributed by atoms with van der Waals surface area (Å²) in [5.74, 6) is 0.713. The number of amides is 2. The molecule has 0 aromatic rings. The molecule has 10 nitrogen and oxygen atoms in total. The number of rotatable bonds is 9. The summed E-state index contributed by atoms with van der Waals surface area (Å²) in [5, 5.41) is 6.23. The van der Waals surface area contributed by atoms with Crippen molar-refractivity contribution < 1.29 is 19.1 Å². The number of nitrogens with one attached hydrogen (secondary N) is 2. The lowest BCUT2D eigenvalue weighted by molar-refractivity contribution is -0.127. The topological polar surface area (TPSA) is 98.7 Å². The average Bonchev–Trinajstić information content (AvgIpc) is 3.22. The number of nitrogens with zero attached hydrogens (tertiary/aromatic N) is 4. The van der Waals surface area contributed by atoms with E-state index in [1.807, 2.05) is 0 Å². The van der Waals surface area contributed by atoms with E-state index in [0.717, 1.165) is 51.6 Å². The van der Waals surface area contributed by atoms with Crippen molar-refractivity contribution in [3.8, 4) is 0 Å². The second-order valence-corrected chi connectivity index (χ2v) is 7.55. The Hall–Kier alpha value is -1.91. The molecule has 0 bridgehead atoms. The van der Waals surface area contributed by atoms with Crippen LogP contribution in [0.15, 0.2) is 4.99 Å². The Kier molecular flexibility index (Phi) is 10.2. The lowest BCUT2D eigenvalue weighted by atomic mass is 10.2. The Morgan fingerprint density at radius 1 is 1.21 bits per heavy atom. The first-order valence-electron chi connectivity index (χ1n) is 10.3. The molecule has 0 aromatic heterocycles. The van der Waals surface area contributed by atoms with Crippen molar-refractivity contribution in [3.05, 3.63) is 0 Å². The number of methoxy groups -OCH3 is 1. The summed E-state index contributed by atoms with van der Waals surface area (Å²) in [7, 11) is 5.07. The van der Waals surface area contributed by atoms with Crippen molar-refractivity contribution in [3.63, 3.8) is 0 Å². The molecule has 29 heavy (non-hydrogen) atoms. The number of piperazine rings is 1. The predicted molar refractivity (Wildman–Crippen MR) is 111 cm³/mol. The minimum Gasteiger partial charge on any atom is -0.383 e. The van der Waals surface area contributed by atoms with Crippen molar-refractivity contribution >= 4 is 17.8 Å². The molecular formula is C19H36N6O4. The van der Waals surface area contributed by atoms with Crippen LogP contribution in [-0.2, 0) is 19.1 Å². The second kappa shape index (κ2) is 12.6. The van der Waals surface area contributed by atoms with Crippen LogP contribution in [0.5, 0.6) is 0 Å². The number of carbonyl (C=O) groups is 2. The van der Waals surface area contributed by atoms with Gasteiger partial charge in [-0.15, -0.1) is 0 Å². The van der Waals surface area contributed by atoms with Gasteiger partial charge in [0, 0.05) is 67.1 Å². The first-order chi connectivity index (χ1) is 14.0. The van der Waals surface area contributed by atoms with E-state index in [1.54, 1.807) is 26.1 Å². The molecule has 1 atom stereocenters. The molecule has 1 unspecified atom stereocenters. The van der Waals surface area contributed by atoms with Gasteiger partial charge in [-0.1, -0.05) is 0 Å². The van der Waals surface area contributed by atoms with Crippen molar-refractivity contribution in [1.82, 2.24) is 25.3 Å². The van der Waals surface area contributed by atoms with Gasteiger partial charge < -0.3 is 29.9 Å². The van der Waals surface area contributed by atoms with Crippen molar-refractivity contribution in [2.24, 2.45) is 4.99 Å². The molecule has 2 rings (SSSR count). The van der Waals surface area contributed by atoms with Gasteiger partial charge in [-0.2, -0.15) is 0 Å². The average molecular weight is 413 g/mol. The molecule has 2 heterocycles. The molecule has 2 saturated heterocycles. The summed E-state index contributed by atoms with van der Waals surface area (Å²) in [6.45, 7) is 6.06. The fourth-order valence-electron chi connectivity index (χ4n) is 3.23. The zero-order valence-electron chi connectivity index (χ0n) is 18.0. The van der Waals surface area contributed by atoms with E-state index in [9.17, 15) is 9.59 Å². The summed E-state index contributed by atoms with van der Waals surface area (Å²) >= 11 is 0. The van der Waals surface area contributed by atoms with E-state index in [0.29, 0.717) is 26.2 Å². The molecule has 2 N–H and O–H groups in total. The van der Waals surface area contributed by atoms with Crippen LogP contribution in [0.4, 0.5) is 0 Å². The Bertz CT molecular complexity index is 543. The maximum atomic E-state index is 12.0. The van der Waals surface area contributed by atoms with E-state index in [2.05, 4.69) is 25.4 Å². The highest BCUT2D eigenvalue weighted by molar-refractivity contribution is 5.85. The zero-order chi connectivity index (χ0) is 21.1. The van der Waals surface area contributed by atoms with Gasteiger partial charge in [0.1, 0.15) is 6.54 Å². The molecule has 2 aliphatic heterocycles. The lowest BCUT2D eigenvalue weighted by Crippen LogP contribution is -2.55. The number of ether oxygens (including phenoxy) is 2. The lowest BCUT2D eigenvalue weighted by Gasteiger charge is -2.36. The molecule has 0 aliphatic carbocycles. The Labute approximate surface area is 173 Å². The van der Waals surface area contributed by atoms with Gasteiger partial charge in [0.15, 0.2) is 5.96 Å². The standard InChI is InChI=1S/C19H36N6O4/c1-23(2)18(27)14-22-19(21-13-16-5-4-11-29-16)25-9-7-24(8-10-25)15-17(26)20-6-12-28-3/h16H,4-15H2,1-3H3,(H,20,26)(H,21,22). The fourth-order valence-corrected chi connectivity index (χ4v) is 3.23. The summed E-state index contributed by atoms with van der Waals surface area (Å²) in [5.41, 5.74) is 0. The Morgan fingerprint density at radius 3 is 2.59 bits per heavy atom. The number of hydrogen-bond acceptors (Lipinski definition) is 6. The zero-order valence-corrected chi connectivity index (χ0v) is 18.0. The second-order valence-electron chi connectivity index (χ2n) is 7.55. The van der Waals surface area contributed by atoms with Crippen LogP contribution >= 0.6 is 0 Å². The van der Waals surface area contributed by atoms with Crippen molar-refractivity contribution in [1.29, 1.82) is 0 Å². The molecule has 0 aromatic carbocycles. The normalized spacial score (nSPS) is 20.6.